The van der Waals surface area contributed by atoms with Crippen molar-refractivity contribution in [1.29, 1.82) is 0 Å². The maximum atomic E-state index is 14.6. The van der Waals surface area contributed by atoms with Gasteiger partial charge in [-0.3, -0.25) is 9.59 Å². The number of hydrogen-bond donors (Lipinski definition) is 4. The number of rotatable bonds is 11. The number of hydrogen-bond acceptors (Lipinski definition) is 8. The van der Waals surface area contributed by atoms with Crippen LogP contribution >= 0.6 is 0 Å². The van der Waals surface area contributed by atoms with E-state index in [2.05, 4.69) is 31.2 Å². The molecule has 0 spiro atoms. The number of fused-ring (bicyclic) bond motifs is 1. The third-order valence-electron chi connectivity index (χ3n) is 6.73. The van der Waals surface area contributed by atoms with Crippen molar-refractivity contribution < 1.29 is 23.1 Å². The zero-order chi connectivity index (χ0) is 29.7. The molecular formula is C29H35F2N7O3. The zero-order valence-electron chi connectivity index (χ0n) is 23.7. The van der Waals surface area contributed by atoms with Crippen molar-refractivity contribution in [2.45, 2.75) is 38.3 Å². The van der Waals surface area contributed by atoms with Crippen LogP contribution in [0.2, 0.25) is 0 Å². The lowest BCUT2D eigenvalue weighted by atomic mass is 10.1. The predicted octanol–water partition coefficient (Wildman–Crippen LogP) is 3.85. The number of amides is 2. The fourth-order valence-electron chi connectivity index (χ4n) is 4.73. The van der Waals surface area contributed by atoms with Gasteiger partial charge in [0.1, 0.15) is 11.6 Å². The summed E-state index contributed by atoms with van der Waals surface area (Å²) in [6, 6.07) is 11.6. The quantitative estimate of drug-likeness (QED) is 0.276. The Morgan fingerprint density at radius 3 is 2.61 bits per heavy atom. The molecule has 12 heteroatoms. The molecule has 0 radical (unpaired) electrons. The smallest absolute Gasteiger partial charge is 0.275 e. The van der Waals surface area contributed by atoms with Crippen molar-refractivity contribution in [3.8, 4) is 5.75 Å². The maximum absolute atomic E-state index is 14.6. The van der Waals surface area contributed by atoms with E-state index in [0.717, 1.165) is 24.2 Å². The Balaban J connectivity index is 1.59. The van der Waals surface area contributed by atoms with Gasteiger partial charge in [0.2, 0.25) is 11.9 Å². The number of aromatic nitrogens is 2. The molecule has 0 fully saturated rings. The predicted molar refractivity (Wildman–Crippen MR) is 153 cm³/mol. The van der Waals surface area contributed by atoms with E-state index in [0.29, 0.717) is 36.5 Å². The van der Waals surface area contributed by atoms with E-state index < -0.39 is 18.0 Å². The first-order chi connectivity index (χ1) is 19.5. The number of ether oxygens (including phenoxy) is 1. The van der Waals surface area contributed by atoms with E-state index in [9.17, 15) is 18.4 Å². The number of carbonyl (C=O) groups is 2. The molecule has 2 unspecified atom stereocenters. The molecule has 1 aliphatic rings. The molecule has 4 N–H and O–H groups in total. The van der Waals surface area contributed by atoms with E-state index in [1.807, 2.05) is 43.3 Å². The Morgan fingerprint density at radius 1 is 1.17 bits per heavy atom. The summed E-state index contributed by atoms with van der Waals surface area (Å²) in [5, 5.41) is 11.9. The van der Waals surface area contributed by atoms with Crippen LogP contribution in [0.15, 0.2) is 48.7 Å². The molecule has 0 saturated heterocycles. The molecule has 1 heterocycles. The summed E-state index contributed by atoms with van der Waals surface area (Å²) >= 11 is 0. The van der Waals surface area contributed by atoms with E-state index in [1.165, 1.54) is 14.0 Å². The second-order valence-corrected chi connectivity index (χ2v) is 10.3. The number of carbonyl (C=O) groups excluding carboxylic acids is 2. The van der Waals surface area contributed by atoms with Gasteiger partial charge in [0.15, 0.2) is 0 Å². The summed E-state index contributed by atoms with van der Waals surface area (Å²) < 4.78 is 34.7. The van der Waals surface area contributed by atoms with Gasteiger partial charge in [-0.15, -0.1) is 0 Å². The van der Waals surface area contributed by atoms with Gasteiger partial charge in [-0.1, -0.05) is 24.3 Å². The molecule has 218 valence electrons. The lowest BCUT2D eigenvalue weighted by Gasteiger charge is -2.25. The van der Waals surface area contributed by atoms with Gasteiger partial charge in [0.25, 0.3) is 11.8 Å². The lowest BCUT2D eigenvalue weighted by molar-refractivity contribution is -0.119. The van der Waals surface area contributed by atoms with Gasteiger partial charge in [0.05, 0.1) is 30.4 Å². The molecule has 4 rings (SSSR count). The minimum Gasteiger partial charge on any atom is -0.495 e. The van der Waals surface area contributed by atoms with Crippen LogP contribution in [0.1, 0.15) is 46.9 Å². The molecule has 0 aliphatic heterocycles. The fourth-order valence-corrected chi connectivity index (χ4v) is 4.73. The number of alkyl halides is 2. The molecule has 41 heavy (non-hydrogen) atoms. The standard InChI is InChI=1S/C29H35F2N7O3/c1-17(39)34-25-20-9-7-6-8-18(20)14-23(25)35-26-21(29(2,30)31)16-33-28(37-26)36-22-11-10-19(15-24(22)41-5)27(40)32-12-13-38(3)4/h6-11,15-16,23,25H,12-14H2,1-5H3,(H,32,40)(H,34,39)(H2,33,35,36,37). The fraction of sp³-hybridized carbons (Fsp3) is 0.379. The van der Waals surface area contributed by atoms with Crippen LogP contribution < -0.4 is 26.0 Å². The minimum atomic E-state index is -3.23. The van der Waals surface area contributed by atoms with Crippen molar-refractivity contribution >= 4 is 29.3 Å². The average molecular weight is 568 g/mol. The van der Waals surface area contributed by atoms with E-state index in [4.69, 9.17) is 4.74 Å². The van der Waals surface area contributed by atoms with E-state index in [1.54, 1.807) is 18.2 Å². The van der Waals surface area contributed by atoms with E-state index in [-0.39, 0.29) is 29.1 Å². The van der Waals surface area contributed by atoms with Crippen LogP contribution in [-0.2, 0) is 17.1 Å². The van der Waals surface area contributed by atoms with Crippen LogP contribution in [0.25, 0.3) is 0 Å². The molecule has 2 atom stereocenters. The third kappa shape index (κ3) is 7.26. The van der Waals surface area contributed by atoms with Gasteiger partial charge in [-0.25, -0.2) is 13.8 Å². The summed E-state index contributed by atoms with van der Waals surface area (Å²) in [7, 11) is 5.30. The minimum absolute atomic E-state index is 0.0496. The van der Waals surface area contributed by atoms with Crippen molar-refractivity contribution in [2.24, 2.45) is 0 Å². The first-order valence-corrected chi connectivity index (χ1v) is 13.2. The largest absolute Gasteiger partial charge is 0.495 e. The number of halogens is 2. The zero-order valence-corrected chi connectivity index (χ0v) is 23.7. The lowest BCUT2D eigenvalue weighted by Crippen LogP contribution is -2.37. The first kappa shape index (κ1) is 29.7. The highest BCUT2D eigenvalue weighted by Crippen LogP contribution is 2.37. The van der Waals surface area contributed by atoms with Gasteiger partial charge in [0, 0.05) is 38.7 Å². The highest BCUT2D eigenvalue weighted by Gasteiger charge is 2.36. The summed E-state index contributed by atoms with van der Waals surface area (Å²) in [5.74, 6) is -3.36. The van der Waals surface area contributed by atoms with E-state index >= 15 is 0 Å². The van der Waals surface area contributed by atoms with Crippen LogP contribution in [0.4, 0.5) is 26.2 Å². The second kappa shape index (κ2) is 12.5. The summed E-state index contributed by atoms with van der Waals surface area (Å²) in [4.78, 5) is 35.0. The Morgan fingerprint density at radius 2 is 1.93 bits per heavy atom. The number of nitrogens with one attached hydrogen (secondary N) is 4. The maximum Gasteiger partial charge on any atom is 0.275 e. The van der Waals surface area contributed by atoms with Crippen molar-refractivity contribution in [3.05, 3.63) is 70.9 Å². The molecular weight excluding hydrogens is 532 g/mol. The summed E-state index contributed by atoms with van der Waals surface area (Å²) in [6.07, 6.45) is 1.58. The Hall–Kier alpha value is -4.32. The van der Waals surface area contributed by atoms with Gasteiger partial charge < -0.3 is 30.9 Å². The van der Waals surface area contributed by atoms with Crippen LogP contribution in [0.5, 0.6) is 5.75 Å². The Bertz CT molecular complexity index is 1410. The monoisotopic (exact) mass is 567 g/mol. The Labute approximate surface area is 237 Å². The van der Waals surface area contributed by atoms with Crippen LogP contribution in [-0.4, -0.2) is 67.0 Å². The molecule has 3 aromatic rings. The number of likely N-dealkylation sites (N-methyl/N-ethyl adjacent to an activating group) is 1. The van der Waals surface area contributed by atoms with Gasteiger partial charge in [-0.05, 0) is 49.8 Å². The third-order valence-corrected chi connectivity index (χ3v) is 6.73. The summed E-state index contributed by atoms with van der Waals surface area (Å²) in [5.41, 5.74) is 2.41. The number of anilines is 3. The highest BCUT2D eigenvalue weighted by atomic mass is 19.3. The second-order valence-electron chi connectivity index (χ2n) is 10.3. The molecule has 10 nitrogen and oxygen atoms in total. The van der Waals surface area contributed by atoms with Gasteiger partial charge in [-0.2, -0.15) is 4.98 Å². The number of benzene rings is 2. The first-order valence-electron chi connectivity index (χ1n) is 13.2. The van der Waals surface area contributed by atoms with Gasteiger partial charge >= 0.3 is 0 Å². The molecule has 2 aromatic carbocycles. The average Bonchev–Trinajstić information content (AvgIpc) is 3.24. The Kier molecular flexibility index (Phi) is 9.01. The summed E-state index contributed by atoms with van der Waals surface area (Å²) in [6.45, 7) is 3.38. The normalized spacial score (nSPS) is 16.2. The molecule has 2 amide bonds. The molecule has 0 bridgehead atoms. The SMILES string of the molecule is COc1cc(C(=O)NCCN(C)C)ccc1Nc1ncc(C(C)(F)F)c(NC2Cc3ccccc3C2NC(C)=O)n1. The number of methoxy groups -OCH3 is 1. The van der Waals surface area contributed by atoms with Crippen LogP contribution in [0.3, 0.4) is 0 Å². The molecule has 1 aromatic heterocycles. The highest BCUT2D eigenvalue weighted by molar-refractivity contribution is 5.95. The van der Waals surface area contributed by atoms with Crippen molar-refractivity contribution in [1.82, 2.24) is 25.5 Å². The van der Waals surface area contributed by atoms with Crippen molar-refractivity contribution in [3.63, 3.8) is 0 Å². The topological polar surface area (TPSA) is 121 Å². The molecule has 1 aliphatic carbocycles. The molecule has 0 saturated carbocycles. The van der Waals surface area contributed by atoms with Crippen LogP contribution in [0, 0.1) is 0 Å². The number of nitrogens with zero attached hydrogens (tertiary/aromatic N) is 3. The van der Waals surface area contributed by atoms with Crippen molar-refractivity contribution in [2.75, 3.05) is 44.9 Å².